The summed E-state index contributed by atoms with van der Waals surface area (Å²) in [5, 5.41) is 2.96. The van der Waals surface area contributed by atoms with Gasteiger partial charge >= 0.3 is 12.1 Å². The van der Waals surface area contributed by atoms with Crippen molar-refractivity contribution in [1.82, 2.24) is 25.1 Å². The number of hydrogen-bond donors (Lipinski definition) is 1. The quantitative estimate of drug-likeness (QED) is 0.291. The smallest absolute Gasteiger partial charge is 0.410 e. The lowest BCUT2D eigenvalue weighted by Crippen LogP contribution is -2.60. The molecule has 3 heterocycles. The second kappa shape index (κ2) is 14.5. The van der Waals surface area contributed by atoms with Crippen molar-refractivity contribution in [3.8, 4) is 11.4 Å². The number of piperidine rings is 1. The molecular formula is C34H46N6O6. The SMILES string of the molecule is CCCCOC(=O)N1CCN(C(=O)[C@@H](NC(=O)c2cc(N3CC4C(C3)C4C(=O)OCC)nc(-c3ccccc3)n2)C(C)C)C[C@H]1C. The number of nitrogens with one attached hydrogen (secondary N) is 1. The van der Waals surface area contributed by atoms with Crippen LogP contribution in [0.2, 0.25) is 0 Å². The van der Waals surface area contributed by atoms with E-state index in [9.17, 15) is 19.2 Å². The number of anilines is 1. The van der Waals surface area contributed by atoms with Gasteiger partial charge in [0, 0.05) is 50.4 Å². The van der Waals surface area contributed by atoms with Crippen LogP contribution in [0.3, 0.4) is 0 Å². The Balaban J connectivity index is 1.29. The number of unbranched alkanes of at least 4 members (excludes halogenated alkanes) is 1. The van der Waals surface area contributed by atoms with Gasteiger partial charge in [-0.15, -0.1) is 0 Å². The lowest BCUT2D eigenvalue weighted by molar-refractivity contribution is -0.145. The molecule has 0 spiro atoms. The Hall–Kier alpha value is -4.22. The summed E-state index contributed by atoms with van der Waals surface area (Å²) in [5.74, 6) is 0.353. The molecule has 1 N–H and O–H groups in total. The number of rotatable bonds is 11. The number of carbonyl (C=O) groups excluding carboxylic acids is 4. The van der Waals surface area contributed by atoms with E-state index in [0.717, 1.165) is 18.4 Å². The van der Waals surface area contributed by atoms with Crippen molar-refractivity contribution < 1.29 is 28.7 Å². The maximum atomic E-state index is 13.8. The highest BCUT2D eigenvalue weighted by Gasteiger charge is 2.60. The van der Waals surface area contributed by atoms with E-state index in [-0.39, 0.29) is 53.4 Å². The molecular weight excluding hydrogens is 588 g/mol. The molecule has 0 bridgehead atoms. The lowest BCUT2D eigenvalue weighted by Gasteiger charge is -2.40. The van der Waals surface area contributed by atoms with Gasteiger partial charge in [0.2, 0.25) is 5.91 Å². The predicted molar refractivity (Wildman–Crippen MR) is 172 cm³/mol. The van der Waals surface area contributed by atoms with E-state index >= 15 is 0 Å². The van der Waals surface area contributed by atoms with Gasteiger partial charge in [-0.3, -0.25) is 14.4 Å². The third kappa shape index (κ3) is 7.26. The Morgan fingerprint density at radius 1 is 0.978 bits per heavy atom. The molecule has 1 aromatic carbocycles. The zero-order chi connectivity index (χ0) is 33.0. The number of piperazine rings is 1. The lowest BCUT2D eigenvalue weighted by atomic mass is 10.0. The number of amides is 3. The van der Waals surface area contributed by atoms with E-state index in [1.54, 1.807) is 15.9 Å². The standard InChI is InChI=1S/C34H46N6O6/c1-6-8-16-46-34(44)40-15-14-38(18-22(40)5)32(42)29(21(3)4)37-31(41)26-17-27(36-30(35-26)23-12-10-9-11-13-23)39-19-24-25(20-39)28(24)33(43)45-7-2/h9-13,17,21-22,24-25,28-29H,6-8,14-16,18-20H2,1-5H3,(H,37,41)/t22-,24?,25?,28?,29+/m1/s1. The summed E-state index contributed by atoms with van der Waals surface area (Å²) in [6.07, 6.45) is 1.39. The summed E-state index contributed by atoms with van der Waals surface area (Å²) in [6.45, 7) is 12.6. The first-order valence-electron chi connectivity index (χ1n) is 16.5. The number of benzene rings is 1. The number of aromatic nitrogens is 2. The number of ether oxygens (including phenoxy) is 2. The van der Waals surface area contributed by atoms with Crippen LogP contribution in [-0.4, -0.2) is 102 Å². The average molecular weight is 635 g/mol. The molecule has 12 heteroatoms. The highest BCUT2D eigenvalue weighted by Crippen LogP contribution is 2.53. The van der Waals surface area contributed by atoms with Gasteiger partial charge in [0.25, 0.3) is 5.91 Å². The van der Waals surface area contributed by atoms with Crippen LogP contribution in [0.4, 0.5) is 10.6 Å². The monoisotopic (exact) mass is 634 g/mol. The van der Waals surface area contributed by atoms with Crippen molar-refractivity contribution in [3.05, 3.63) is 42.1 Å². The van der Waals surface area contributed by atoms with Gasteiger partial charge in [0.1, 0.15) is 17.6 Å². The molecule has 5 rings (SSSR count). The van der Waals surface area contributed by atoms with Gasteiger partial charge in [-0.1, -0.05) is 57.5 Å². The molecule has 3 aliphatic rings. The zero-order valence-corrected chi connectivity index (χ0v) is 27.5. The molecule has 2 aliphatic heterocycles. The van der Waals surface area contributed by atoms with Crippen LogP contribution in [0.1, 0.15) is 57.9 Å². The van der Waals surface area contributed by atoms with Crippen LogP contribution in [0, 0.1) is 23.7 Å². The molecule has 3 fully saturated rings. The fraction of sp³-hybridized carbons (Fsp3) is 0.588. The topological polar surface area (TPSA) is 134 Å². The zero-order valence-electron chi connectivity index (χ0n) is 27.5. The Labute approximate surface area is 270 Å². The van der Waals surface area contributed by atoms with Crippen molar-refractivity contribution in [2.45, 2.75) is 59.5 Å². The number of carbonyl (C=O) groups is 4. The highest BCUT2D eigenvalue weighted by molar-refractivity contribution is 5.97. The van der Waals surface area contributed by atoms with E-state index in [1.165, 1.54) is 0 Å². The largest absolute Gasteiger partial charge is 0.466 e. The molecule has 0 radical (unpaired) electrons. The summed E-state index contributed by atoms with van der Waals surface area (Å²) in [4.78, 5) is 67.3. The Bertz CT molecular complexity index is 1410. The normalized spacial score (nSPS) is 22.7. The van der Waals surface area contributed by atoms with Crippen LogP contribution in [0.15, 0.2) is 36.4 Å². The number of esters is 1. The molecule has 2 unspecified atom stereocenters. The Kier molecular flexibility index (Phi) is 10.4. The predicted octanol–water partition coefficient (Wildman–Crippen LogP) is 3.61. The van der Waals surface area contributed by atoms with Crippen LogP contribution >= 0.6 is 0 Å². The number of hydrogen-bond acceptors (Lipinski definition) is 9. The van der Waals surface area contributed by atoms with E-state index in [4.69, 9.17) is 14.5 Å². The van der Waals surface area contributed by atoms with Crippen molar-refractivity contribution >= 4 is 29.7 Å². The molecule has 4 atom stereocenters. The third-order valence-corrected chi connectivity index (χ3v) is 9.17. The molecule has 46 heavy (non-hydrogen) atoms. The highest BCUT2D eigenvalue weighted by atomic mass is 16.6. The maximum absolute atomic E-state index is 13.8. The van der Waals surface area contributed by atoms with Gasteiger partial charge in [-0.2, -0.15) is 0 Å². The second-order valence-corrected chi connectivity index (χ2v) is 12.8. The van der Waals surface area contributed by atoms with Crippen molar-refractivity contribution in [2.75, 3.05) is 50.8 Å². The minimum Gasteiger partial charge on any atom is -0.466 e. The number of fused-ring (bicyclic) bond motifs is 1. The molecule has 1 saturated carbocycles. The molecule has 3 amide bonds. The first kappa shape index (κ1) is 33.2. The fourth-order valence-electron chi connectivity index (χ4n) is 6.47. The van der Waals surface area contributed by atoms with E-state index in [0.29, 0.717) is 57.6 Å². The molecule has 1 aromatic heterocycles. The van der Waals surface area contributed by atoms with Crippen molar-refractivity contribution in [2.24, 2.45) is 23.7 Å². The first-order valence-corrected chi connectivity index (χ1v) is 16.5. The van der Waals surface area contributed by atoms with Crippen LogP contribution in [0.25, 0.3) is 11.4 Å². The van der Waals surface area contributed by atoms with E-state index in [2.05, 4.69) is 15.2 Å². The summed E-state index contributed by atoms with van der Waals surface area (Å²) in [6, 6.07) is 10.1. The van der Waals surface area contributed by atoms with E-state index < -0.39 is 11.9 Å². The van der Waals surface area contributed by atoms with Gasteiger partial charge in [-0.25, -0.2) is 14.8 Å². The van der Waals surface area contributed by atoms with Gasteiger partial charge in [-0.05, 0) is 38.0 Å². The molecule has 1 aliphatic carbocycles. The van der Waals surface area contributed by atoms with Crippen LogP contribution < -0.4 is 10.2 Å². The van der Waals surface area contributed by atoms with Crippen LogP contribution in [-0.2, 0) is 19.1 Å². The molecule has 2 saturated heterocycles. The third-order valence-electron chi connectivity index (χ3n) is 9.17. The van der Waals surface area contributed by atoms with Crippen molar-refractivity contribution in [1.29, 1.82) is 0 Å². The average Bonchev–Trinajstić information content (AvgIpc) is 3.56. The maximum Gasteiger partial charge on any atom is 0.410 e. The minimum absolute atomic E-state index is 0.0801. The fourth-order valence-corrected chi connectivity index (χ4v) is 6.47. The molecule has 248 valence electrons. The summed E-state index contributed by atoms with van der Waals surface area (Å²) in [5.41, 5.74) is 0.932. The van der Waals surface area contributed by atoms with Gasteiger partial charge in [0.05, 0.1) is 19.1 Å². The first-order chi connectivity index (χ1) is 22.1. The minimum atomic E-state index is -0.786. The van der Waals surface area contributed by atoms with Crippen molar-refractivity contribution in [3.63, 3.8) is 0 Å². The van der Waals surface area contributed by atoms with Gasteiger partial charge < -0.3 is 29.5 Å². The molecule has 12 nitrogen and oxygen atoms in total. The second-order valence-electron chi connectivity index (χ2n) is 12.8. The summed E-state index contributed by atoms with van der Waals surface area (Å²) < 4.78 is 10.6. The Morgan fingerprint density at radius 2 is 1.70 bits per heavy atom. The summed E-state index contributed by atoms with van der Waals surface area (Å²) >= 11 is 0. The van der Waals surface area contributed by atoms with Gasteiger partial charge in [0.15, 0.2) is 5.82 Å². The number of nitrogens with zero attached hydrogens (tertiary/aromatic N) is 5. The Morgan fingerprint density at radius 3 is 2.33 bits per heavy atom. The summed E-state index contributed by atoms with van der Waals surface area (Å²) in [7, 11) is 0. The molecule has 2 aromatic rings. The van der Waals surface area contributed by atoms with E-state index in [1.807, 2.05) is 65.0 Å². The van der Waals surface area contributed by atoms with Crippen LogP contribution in [0.5, 0.6) is 0 Å².